The molecule has 1 rings (SSSR count). The number of benzene rings is 1. The molecule has 2 nitrogen and oxygen atoms in total. The van der Waals surface area contributed by atoms with E-state index in [9.17, 15) is 4.79 Å². The number of aldehydes is 1. The molecule has 0 aliphatic heterocycles. The van der Waals surface area contributed by atoms with Crippen molar-refractivity contribution in [3.05, 3.63) is 29.8 Å². The predicted octanol–water partition coefficient (Wildman–Crippen LogP) is 2.23. The first kappa shape index (κ1) is 7.79. The van der Waals surface area contributed by atoms with Crippen LogP contribution in [0.25, 0.3) is 0 Å². The standard InChI is InChI=1S/C8H5NOS/c10-5-7-1-3-8(4-2-7)9-6-11/h1-5H. The average molecular weight is 163 g/mol. The average Bonchev–Trinajstić information content (AvgIpc) is 2.07. The van der Waals surface area contributed by atoms with Gasteiger partial charge in [-0.3, -0.25) is 4.79 Å². The number of hydrogen-bond acceptors (Lipinski definition) is 3. The van der Waals surface area contributed by atoms with E-state index in [1.807, 2.05) is 0 Å². The van der Waals surface area contributed by atoms with Gasteiger partial charge in [0.2, 0.25) is 0 Å². The maximum atomic E-state index is 10.2. The molecular weight excluding hydrogens is 158 g/mol. The maximum Gasteiger partial charge on any atom is 0.150 e. The highest BCUT2D eigenvalue weighted by molar-refractivity contribution is 7.78. The number of isothiocyanates is 1. The fraction of sp³-hybridized carbons (Fsp3) is 0. The van der Waals surface area contributed by atoms with E-state index in [0.29, 0.717) is 11.3 Å². The van der Waals surface area contributed by atoms with E-state index >= 15 is 0 Å². The third kappa shape index (κ3) is 2.08. The number of nitrogens with zero attached hydrogens (tertiary/aromatic N) is 1. The molecule has 0 amide bonds. The lowest BCUT2D eigenvalue weighted by molar-refractivity contribution is 0.112. The van der Waals surface area contributed by atoms with Gasteiger partial charge in [0, 0.05) is 5.56 Å². The Morgan fingerprint density at radius 3 is 2.45 bits per heavy atom. The SMILES string of the molecule is O=Cc1ccc(N=C=S)cc1. The van der Waals surface area contributed by atoms with Crippen LogP contribution in [0.2, 0.25) is 0 Å². The van der Waals surface area contributed by atoms with Gasteiger partial charge >= 0.3 is 0 Å². The predicted molar refractivity (Wildman–Crippen MR) is 46.5 cm³/mol. The number of carbonyl (C=O) groups excluding carboxylic acids is 1. The zero-order chi connectivity index (χ0) is 8.10. The Kier molecular flexibility index (Phi) is 2.66. The van der Waals surface area contributed by atoms with Crippen molar-refractivity contribution in [1.29, 1.82) is 0 Å². The molecule has 0 aliphatic rings. The Bertz CT molecular complexity index is 298. The second-order valence-electron chi connectivity index (χ2n) is 1.91. The van der Waals surface area contributed by atoms with Crippen molar-refractivity contribution in [3.8, 4) is 0 Å². The van der Waals surface area contributed by atoms with Crippen molar-refractivity contribution in [2.24, 2.45) is 4.99 Å². The molecule has 0 saturated heterocycles. The second kappa shape index (κ2) is 3.76. The lowest BCUT2D eigenvalue weighted by atomic mass is 10.2. The van der Waals surface area contributed by atoms with E-state index in [1.165, 1.54) is 0 Å². The first-order valence-corrected chi connectivity index (χ1v) is 3.41. The molecule has 0 bridgehead atoms. The van der Waals surface area contributed by atoms with E-state index in [-0.39, 0.29) is 0 Å². The maximum absolute atomic E-state index is 10.2. The van der Waals surface area contributed by atoms with Gasteiger partial charge < -0.3 is 0 Å². The molecule has 54 valence electrons. The summed E-state index contributed by atoms with van der Waals surface area (Å²) in [6.07, 6.45) is 0.783. The van der Waals surface area contributed by atoms with Crippen molar-refractivity contribution in [2.45, 2.75) is 0 Å². The highest BCUT2D eigenvalue weighted by atomic mass is 32.1. The van der Waals surface area contributed by atoms with Crippen molar-refractivity contribution in [3.63, 3.8) is 0 Å². The Labute approximate surface area is 69.6 Å². The summed E-state index contributed by atoms with van der Waals surface area (Å²) in [6.45, 7) is 0. The van der Waals surface area contributed by atoms with Crippen LogP contribution in [-0.2, 0) is 0 Å². The molecule has 0 saturated carbocycles. The molecule has 0 aliphatic carbocycles. The minimum Gasteiger partial charge on any atom is -0.298 e. The van der Waals surface area contributed by atoms with Crippen LogP contribution in [0, 0.1) is 0 Å². The van der Waals surface area contributed by atoms with Gasteiger partial charge in [-0.2, -0.15) is 4.99 Å². The molecule has 0 aromatic heterocycles. The van der Waals surface area contributed by atoms with E-state index in [0.717, 1.165) is 6.29 Å². The molecule has 1 aromatic rings. The van der Waals surface area contributed by atoms with Crippen molar-refractivity contribution < 1.29 is 4.79 Å². The van der Waals surface area contributed by atoms with Gasteiger partial charge in [-0.25, -0.2) is 0 Å². The summed E-state index contributed by atoms with van der Waals surface area (Å²) in [7, 11) is 0. The van der Waals surface area contributed by atoms with E-state index in [1.54, 1.807) is 24.3 Å². The van der Waals surface area contributed by atoms with Gasteiger partial charge in [0.1, 0.15) is 6.29 Å². The molecule has 0 radical (unpaired) electrons. The van der Waals surface area contributed by atoms with Crippen LogP contribution in [0.3, 0.4) is 0 Å². The fourth-order valence-electron chi connectivity index (χ4n) is 0.680. The smallest absolute Gasteiger partial charge is 0.150 e. The first-order chi connectivity index (χ1) is 5.36. The van der Waals surface area contributed by atoms with E-state index < -0.39 is 0 Å². The summed E-state index contributed by atoms with van der Waals surface area (Å²) < 4.78 is 0. The number of hydrogen-bond donors (Lipinski definition) is 0. The lowest BCUT2D eigenvalue weighted by Crippen LogP contribution is -1.75. The fourth-order valence-corrected chi connectivity index (χ4v) is 0.786. The Morgan fingerprint density at radius 1 is 1.36 bits per heavy atom. The minimum absolute atomic E-state index is 0.633. The Morgan fingerprint density at radius 2 is 2.00 bits per heavy atom. The van der Waals surface area contributed by atoms with Gasteiger partial charge in [-0.05, 0) is 36.5 Å². The number of thiocarbonyl (C=S) groups is 1. The summed E-state index contributed by atoms with van der Waals surface area (Å²) in [5.74, 6) is 0. The summed E-state index contributed by atoms with van der Waals surface area (Å²) in [6, 6.07) is 6.78. The summed E-state index contributed by atoms with van der Waals surface area (Å²) in [5, 5.41) is 2.24. The number of carbonyl (C=O) groups is 1. The molecule has 0 atom stereocenters. The largest absolute Gasteiger partial charge is 0.298 e. The van der Waals surface area contributed by atoms with Crippen LogP contribution in [0.1, 0.15) is 10.4 Å². The number of rotatable bonds is 2. The van der Waals surface area contributed by atoms with Gasteiger partial charge in [0.05, 0.1) is 10.8 Å². The Hall–Kier alpha value is -1.31. The molecule has 0 N–H and O–H groups in total. The molecule has 11 heavy (non-hydrogen) atoms. The monoisotopic (exact) mass is 163 g/mol. The number of aliphatic imine (C=N–C) groups is 1. The third-order valence-corrected chi connectivity index (χ3v) is 1.30. The second-order valence-corrected chi connectivity index (χ2v) is 2.10. The van der Waals surface area contributed by atoms with Crippen molar-refractivity contribution in [1.82, 2.24) is 0 Å². The summed E-state index contributed by atoms with van der Waals surface area (Å²) in [5.41, 5.74) is 1.35. The third-order valence-electron chi connectivity index (χ3n) is 1.20. The van der Waals surface area contributed by atoms with Crippen molar-refractivity contribution >= 4 is 29.4 Å². The molecule has 0 fully saturated rings. The topological polar surface area (TPSA) is 29.4 Å². The van der Waals surface area contributed by atoms with Crippen LogP contribution in [0.5, 0.6) is 0 Å². The van der Waals surface area contributed by atoms with Crippen LogP contribution >= 0.6 is 12.2 Å². The minimum atomic E-state index is 0.633. The molecule has 3 heteroatoms. The van der Waals surface area contributed by atoms with E-state index in [4.69, 9.17) is 0 Å². The quantitative estimate of drug-likeness (QED) is 0.380. The molecular formula is C8H5NOS. The molecule has 0 heterocycles. The van der Waals surface area contributed by atoms with Crippen LogP contribution in [-0.4, -0.2) is 11.4 Å². The highest BCUT2D eigenvalue weighted by Gasteiger charge is 1.88. The van der Waals surface area contributed by atoms with Gasteiger partial charge in [-0.1, -0.05) is 0 Å². The Balaban J connectivity index is 2.99. The normalized spacial score (nSPS) is 8.36. The van der Waals surface area contributed by atoms with Crippen molar-refractivity contribution in [2.75, 3.05) is 0 Å². The highest BCUT2D eigenvalue weighted by Crippen LogP contribution is 2.10. The van der Waals surface area contributed by atoms with Crippen LogP contribution < -0.4 is 0 Å². The first-order valence-electron chi connectivity index (χ1n) is 3.00. The molecule has 0 unspecified atom stereocenters. The van der Waals surface area contributed by atoms with Crippen LogP contribution in [0.4, 0.5) is 5.69 Å². The van der Waals surface area contributed by atoms with Gasteiger partial charge in [-0.15, -0.1) is 0 Å². The van der Waals surface area contributed by atoms with Gasteiger partial charge in [0.15, 0.2) is 0 Å². The molecule has 1 aromatic carbocycles. The zero-order valence-corrected chi connectivity index (χ0v) is 6.47. The zero-order valence-electron chi connectivity index (χ0n) is 5.65. The van der Waals surface area contributed by atoms with E-state index in [2.05, 4.69) is 22.4 Å². The summed E-state index contributed by atoms with van der Waals surface area (Å²) >= 11 is 4.41. The lowest BCUT2D eigenvalue weighted by Gasteiger charge is -1.89. The van der Waals surface area contributed by atoms with Gasteiger partial charge in [0.25, 0.3) is 0 Å². The molecule has 0 spiro atoms. The van der Waals surface area contributed by atoms with Crippen LogP contribution in [0.15, 0.2) is 29.3 Å². The summed E-state index contributed by atoms with van der Waals surface area (Å²) in [4.78, 5) is 13.9.